The molecule has 1 rings (SSSR count). The van der Waals surface area contributed by atoms with Crippen LogP contribution in [-0.2, 0) is 14.8 Å². The maximum absolute atomic E-state index is 11.8. The third-order valence-electron chi connectivity index (χ3n) is 3.30. The van der Waals surface area contributed by atoms with Crippen molar-refractivity contribution in [2.24, 2.45) is 5.92 Å². The highest BCUT2D eigenvalue weighted by Gasteiger charge is 2.26. The lowest BCUT2D eigenvalue weighted by molar-refractivity contribution is -0.137. The predicted octanol–water partition coefficient (Wildman–Crippen LogP) is -0.568. The lowest BCUT2D eigenvalue weighted by Crippen LogP contribution is -2.41. The Labute approximate surface area is 118 Å². The highest BCUT2D eigenvalue weighted by atomic mass is 32.2. The zero-order valence-electron chi connectivity index (χ0n) is 11.5. The molecule has 3 N–H and O–H groups in total. The highest BCUT2D eigenvalue weighted by molar-refractivity contribution is 7.89. The molecular formula is C11H21N3O5S. The van der Waals surface area contributed by atoms with Gasteiger partial charge in [-0.25, -0.2) is 17.9 Å². The Kier molecular flexibility index (Phi) is 6.21. The molecule has 0 aromatic heterocycles. The minimum Gasteiger partial charge on any atom is -0.481 e. The smallest absolute Gasteiger partial charge is 0.317 e. The van der Waals surface area contributed by atoms with E-state index in [0.717, 1.165) is 6.42 Å². The first-order valence-electron chi connectivity index (χ1n) is 6.50. The molecule has 1 aliphatic rings. The average Bonchev–Trinajstić information content (AvgIpc) is 2.85. The summed E-state index contributed by atoms with van der Waals surface area (Å²) >= 11 is 0. The lowest BCUT2D eigenvalue weighted by Gasteiger charge is -2.17. The molecule has 1 aliphatic heterocycles. The Balaban J connectivity index is 2.27. The predicted molar refractivity (Wildman–Crippen MR) is 72.8 cm³/mol. The molecule has 9 heteroatoms. The Hall–Kier alpha value is -1.35. The van der Waals surface area contributed by atoms with Gasteiger partial charge in [-0.15, -0.1) is 0 Å². The number of nitrogens with one attached hydrogen (secondary N) is 2. The number of rotatable bonds is 7. The number of aliphatic carboxylic acids is 1. The van der Waals surface area contributed by atoms with Gasteiger partial charge in [0.05, 0.1) is 5.75 Å². The molecule has 1 heterocycles. The van der Waals surface area contributed by atoms with Crippen LogP contribution in [0.4, 0.5) is 4.79 Å². The van der Waals surface area contributed by atoms with Crippen LogP contribution >= 0.6 is 0 Å². The molecule has 0 aliphatic carbocycles. The molecule has 0 radical (unpaired) electrons. The van der Waals surface area contributed by atoms with Crippen molar-refractivity contribution in [3.63, 3.8) is 0 Å². The number of sulfonamides is 1. The molecule has 20 heavy (non-hydrogen) atoms. The first-order valence-corrected chi connectivity index (χ1v) is 8.15. The fraction of sp³-hybridized carbons (Fsp3) is 0.818. The van der Waals surface area contributed by atoms with Gasteiger partial charge in [-0.1, -0.05) is 0 Å². The van der Waals surface area contributed by atoms with Crippen LogP contribution in [0.2, 0.25) is 0 Å². The Morgan fingerprint density at radius 1 is 1.40 bits per heavy atom. The SMILES string of the molecule is CNS(=O)(=O)CCNC(=O)N1CCC(CCC(=O)O)C1. The van der Waals surface area contributed by atoms with Crippen LogP contribution in [0.15, 0.2) is 0 Å². The molecule has 0 aromatic rings. The summed E-state index contributed by atoms with van der Waals surface area (Å²) in [7, 11) is -1.99. The molecule has 1 fully saturated rings. The Bertz CT molecular complexity index is 451. The van der Waals surface area contributed by atoms with E-state index in [9.17, 15) is 18.0 Å². The van der Waals surface area contributed by atoms with Crippen LogP contribution in [0.5, 0.6) is 0 Å². The number of nitrogens with zero attached hydrogens (tertiary/aromatic N) is 1. The van der Waals surface area contributed by atoms with Crippen molar-refractivity contribution in [3.8, 4) is 0 Å². The largest absolute Gasteiger partial charge is 0.481 e. The summed E-state index contributed by atoms with van der Waals surface area (Å²) in [5, 5.41) is 11.2. The molecule has 8 nitrogen and oxygen atoms in total. The van der Waals surface area contributed by atoms with Crippen molar-refractivity contribution in [1.29, 1.82) is 0 Å². The van der Waals surface area contributed by atoms with Gasteiger partial charge in [-0.05, 0) is 25.8 Å². The van der Waals surface area contributed by atoms with E-state index in [2.05, 4.69) is 10.0 Å². The lowest BCUT2D eigenvalue weighted by atomic mass is 10.0. The van der Waals surface area contributed by atoms with Crippen molar-refractivity contribution < 1.29 is 23.1 Å². The van der Waals surface area contributed by atoms with Gasteiger partial charge in [0.25, 0.3) is 0 Å². The molecule has 0 bridgehead atoms. The minimum absolute atomic E-state index is 0.0539. The van der Waals surface area contributed by atoms with Crippen molar-refractivity contribution >= 4 is 22.0 Å². The average molecular weight is 307 g/mol. The Morgan fingerprint density at radius 3 is 2.70 bits per heavy atom. The summed E-state index contributed by atoms with van der Waals surface area (Å²) in [5.41, 5.74) is 0. The zero-order chi connectivity index (χ0) is 15.2. The standard InChI is InChI=1S/C11H21N3O5S/c1-12-20(18,19)7-5-13-11(17)14-6-4-9(8-14)2-3-10(15)16/h9,12H,2-8H2,1H3,(H,13,17)(H,15,16). The van der Waals surface area contributed by atoms with E-state index < -0.39 is 16.0 Å². The minimum atomic E-state index is -3.32. The highest BCUT2D eigenvalue weighted by Crippen LogP contribution is 2.20. The van der Waals surface area contributed by atoms with E-state index in [1.165, 1.54) is 7.05 Å². The molecule has 0 saturated carbocycles. The van der Waals surface area contributed by atoms with Crippen LogP contribution < -0.4 is 10.0 Å². The summed E-state index contributed by atoms with van der Waals surface area (Å²) in [6.07, 6.45) is 1.46. The molecule has 1 saturated heterocycles. The van der Waals surface area contributed by atoms with Crippen molar-refractivity contribution in [2.45, 2.75) is 19.3 Å². The van der Waals surface area contributed by atoms with E-state index in [1.807, 2.05) is 0 Å². The van der Waals surface area contributed by atoms with Gasteiger partial charge in [0.15, 0.2) is 0 Å². The van der Waals surface area contributed by atoms with E-state index in [4.69, 9.17) is 5.11 Å². The fourth-order valence-corrected chi connectivity index (χ4v) is 2.66. The van der Waals surface area contributed by atoms with Crippen molar-refractivity contribution in [3.05, 3.63) is 0 Å². The second kappa shape index (κ2) is 7.44. The van der Waals surface area contributed by atoms with Crippen molar-refractivity contribution in [2.75, 3.05) is 32.4 Å². The second-order valence-corrected chi connectivity index (χ2v) is 6.83. The number of carbonyl (C=O) groups is 2. The van der Waals surface area contributed by atoms with Crippen LogP contribution in [0, 0.1) is 5.92 Å². The molecule has 2 amide bonds. The molecule has 0 spiro atoms. The summed E-state index contributed by atoms with van der Waals surface area (Å²) in [6.45, 7) is 1.16. The number of hydrogen-bond acceptors (Lipinski definition) is 4. The van der Waals surface area contributed by atoms with E-state index in [0.29, 0.717) is 19.5 Å². The van der Waals surface area contributed by atoms with Gasteiger partial charge >= 0.3 is 12.0 Å². The first kappa shape index (κ1) is 16.7. The first-order chi connectivity index (χ1) is 9.34. The van der Waals surface area contributed by atoms with Gasteiger partial charge in [-0.3, -0.25) is 4.79 Å². The number of hydrogen-bond donors (Lipinski definition) is 3. The number of carboxylic acids is 1. The summed E-state index contributed by atoms with van der Waals surface area (Å²) in [6, 6.07) is -0.297. The number of carboxylic acid groups (broad SMARTS) is 1. The topological polar surface area (TPSA) is 116 Å². The van der Waals surface area contributed by atoms with Gasteiger partial charge in [0, 0.05) is 26.1 Å². The summed E-state index contributed by atoms with van der Waals surface area (Å²) < 4.78 is 24.5. The second-order valence-electron chi connectivity index (χ2n) is 4.79. The zero-order valence-corrected chi connectivity index (χ0v) is 12.3. The number of likely N-dealkylation sites (tertiary alicyclic amines) is 1. The maximum atomic E-state index is 11.8. The van der Waals surface area contributed by atoms with Gasteiger partial charge < -0.3 is 15.3 Å². The van der Waals surface area contributed by atoms with Gasteiger partial charge in [-0.2, -0.15) is 0 Å². The van der Waals surface area contributed by atoms with Crippen LogP contribution in [0.1, 0.15) is 19.3 Å². The summed E-state index contributed by atoms with van der Waals surface area (Å²) in [4.78, 5) is 23.9. The summed E-state index contributed by atoms with van der Waals surface area (Å²) in [5.74, 6) is -0.783. The normalized spacial score (nSPS) is 19.1. The van der Waals surface area contributed by atoms with Crippen LogP contribution in [0.3, 0.4) is 0 Å². The third-order valence-corrected chi connectivity index (χ3v) is 4.66. The van der Waals surface area contributed by atoms with Gasteiger partial charge in [0.1, 0.15) is 0 Å². The monoisotopic (exact) mass is 307 g/mol. The third kappa shape index (κ3) is 5.74. The molecule has 0 aromatic carbocycles. The van der Waals surface area contributed by atoms with Crippen LogP contribution in [-0.4, -0.2) is 62.9 Å². The molecular weight excluding hydrogens is 286 g/mol. The molecule has 116 valence electrons. The maximum Gasteiger partial charge on any atom is 0.317 e. The van der Waals surface area contributed by atoms with Gasteiger partial charge in [0.2, 0.25) is 10.0 Å². The van der Waals surface area contributed by atoms with Crippen LogP contribution in [0.25, 0.3) is 0 Å². The van der Waals surface area contributed by atoms with E-state index in [1.54, 1.807) is 4.90 Å². The van der Waals surface area contributed by atoms with E-state index in [-0.39, 0.29) is 30.7 Å². The van der Waals surface area contributed by atoms with Crippen molar-refractivity contribution in [1.82, 2.24) is 14.9 Å². The number of urea groups is 1. The number of carbonyl (C=O) groups excluding carboxylic acids is 1. The molecule has 1 atom stereocenters. The van der Waals surface area contributed by atoms with E-state index >= 15 is 0 Å². The quantitative estimate of drug-likeness (QED) is 0.582. The molecule has 1 unspecified atom stereocenters. The fourth-order valence-electron chi connectivity index (χ4n) is 2.09. The Morgan fingerprint density at radius 2 is 2.10 bits per heavy atom. The number of amides is 2.